The summed E-state index contributed by atoms with van der Waals surface area (Å²) in [6.07, 6.45) is 3.46. The van der Waals surface area contributed by atoms with Crippen LogP contribution in [0.1, 0.15) is 18.0 Å². The number of ether oxygens (including phenoxy) is 1. The molecule has 3 aromatic heterocycles. The van der Waals surface area contributed by atoms with Gasteiger partial charge in [-0.3, -0.25) is 9.36 Å². The molecule has 0 amide bonds. The molecule has 0 saturated heterocycles. The van der Waals surface area contributed by atoms with Crippen LogP contribution in [0.15, 0.2) is 52.3 Å². The number of anilines is 2. The summed E-state index contributed by atoms with van der Waals surface area (Å²) < 4.78 is 21.1. The van der Waals surface area contributed by atoms with Crippen LogP contribution in [0, 0.1) is 5.82 Å². The topological polar surface area (TPSA) is 118 Å². The number of nitrogens with one attached hydrogen (secondary N) is 3. The lowest BCUT2D eigenvalue weighted by atomic mass is 10.00. The zero-order valence-corrected chi connectivity index (χ0v) is 15.0. The average Bonchev–Trinajstić information content (AvgIpc) is 3.05. The number of H-pyrrole nitrogens is 2. The number of benzene rings is 1. The Morgan fingerprint density at radius 3 is 3.00 bits per heavy atom. The number of hydrogen-bond donors (Lipinski definition) is 3. The molecule has 5 rings (SSSR count). The highest BCUT2D eigenvalue weighted by Crippen LogP contribution is 2.36. The van der Waals surface area contributed by atoms with E-state index in [9.17, 15) is 14.0 Å². The smallest absolute Gasteiger partial charge is 0.328 e. The van der Waals surface area contributed by atoms with Gasteiger partial charge in [-0.25, -0.2) is 14.2 Å². The van der Waals surface area contributed by atoms with Crippen molar-refractivity contribution in [2.45, 2.75) is 12.5 Å². The molecule has 0 aliphatic carbocycles. The van der Waals surface area contributed by atoms with Crippen LogP contribution in [0.4, 0.5) is 16.0 Å². The first kappa shape index (κ1) is 17.2. The highest BCUT2D eigenvalue weighted by Gasteiger charge is 2.28. The Balaban J connectivity index is 1.63. The van der Waals surface area contributed by atoms with Crippen molar-refractivity contribution in [2.24, 2.45) is 0 Å². The molecular weight excluding hydrogens is 379 g/mol. The van der Waals surface area contributed by atoms with E-state index in [4.69, 9.17) is 4.74 Å². The number of pyridine rings is 1. The monoisotopic (exact) mass is 394 g/mol. The van der Waals surface area contributed by atoms with Crippen molar-refractivity contribution >= 4 is 22.8 Å². The van der Waals surface area contributed by atoms with Gasteiger partial charge in [-0.2, -0.15) is 4.98 Å². The Labute approximate surface area is 162 Å². The largest absolute Gasteiger partial charge is 0.490 e. The number of para-hydroxylation sites is 1. The van der Waals surface area contributed by atoms with E-state index in [2.05, 4.69) is 25.3 Å². The van der Waals surface area contributed by atoms with E-state index < -0.39 is 11.9 Å². The van der Waals surface area contributed by atoms with Crippen LogP contribution in [0.2, 0.25) is 0 Å². The van der Waals surface area contributed by atoms with E-state index in [0.29, 0.717) is 23.1 Å². The number of hydrogen-bond acceptors (Lipinski definition) is 6. The molecule has 4 heterocycles. The molecule has 4 aromatic rings. The summed E-state index contributed by atoms with van der Waals surface area (Å²) in [6, 6.07) is 7.45. The molecule has 146 valence electrons. The number of nitrogens with zero attached hydrogens (tertiary/aromatic N) is 3. The number of fused-ring (bicyclic) bond motifs is 2. The van der Waals surface area contributed by atoms with E-state index in [-0.39, 0.29) is 35.2 Å². The Bertz CT molecular complexity index is 1340. The maximum Gasteiger partial charge on any atom is 0.328 e. The summed E-state index contributed by atoms with van der Waals surface area (Å²) in [5.41, 5.74) is 0.929. The summed E-state index contributed by atoms with van der Waals surface area (Å²) in [5, 5.41) is 2.85. The van der Waals surface area contributed by atoms with Crippen molar-refractivity contribution in [3.63, 3.8) is 0 Å². The molecule has 0 bridgehead atoms. The van der Waals surface area contributed by atoms with Gasteiger partial charge in [0.25, 0.3) is 5.56 Å². The number of rotatable bonds is 3. The Morgan fingerprint density at radius 1 is 1.24 bits per heavy atom. The molecule has 0 fully saturated rings. The molecule has 0 radical (unpaired) electrons. The number of imidazole rings is 1. The number of aromatic nitrogens is 5. The lowest BCUT2D eigenvalue weighted by Crippen LogP contribution is -2.28. The second-order valence-electron chi connectivity index (χ2n) is 6.58. The van der Waals surface area contributed by atoms with Crippen LogP contribution in [0.25, 0.3) is 11.2 Å². The fraction of sp³-hybridized carbons (Fsp3) is 0.158. The third-order valence-electron chi connectivity index (χ3n) is 4.83. The number of halogens is 1. The molecule has 29 heavy (non-hydrogen) atoms. The van der Waals surface area contributed by atoms with Gasteiger partial charge in [0.15, 0.2) is 17.2 Å². The quantitative estimate of drug-likeness (QED) is 0.490. The third-order valence-corrected chi connectivity index (χ3v) is 4.83. The zero-order chi connectivity index (χ0) is 20.0. The first-order valence-electron chi connectivity index (χ1n) is 8.95. The minimum atomic E-state index is -0.472. The summed E-state index contributed by atoms with van der Waals surface area (Å²) in [6.45, 7) is 0.271. The van der Waals surface area contributed by atoms with Crippen molar-refractivity contribution in [3.8, 4) is 5.75 Å². The van der Waals surface area contributed by atoms with E-state index in [0.717, 1.165) is 0 Å². The SMILES string of the molecule is O=c1[nH]cccc1Nc1ncc2[nH]c(=O)n(C3CCOc4c(F)cccc43)c2n1. The van der Waals surface area contributed by atoms with Crippen LogP contribution in [-0.2, 0) is 0 Å². The van der Waals surface area contributed by atoms with Crippen LogP contribution >= 0.6 is 0 Å². The molecule has 10 heteroatoms. The first-order valence-corrected chi connectivity index (χ1v) is 8.95. The van der Waals surface area contributed by atoms with Crippen molar-refractivity contribution in [2.75, 3.05) is 11.9 Å². The van der Waals surface area contributed by atoms with Gasteiger partial charge in [0, 0.05) is 18.2 Å². The molecule has 0 saturated carbocycles. The molecule has 9 nitrogen and oxygen atoms in total. The predicted octanol–water partition coefficient (Wildman–Crippen LogP) is 2.06. The second kappa shape index (κ2) is 6.59. The molecular formula is C19H15FN6O3. The van der Waals surface area contributed by atoms with E-state index in [1.54, 1.807) is 24.3 Å². The van der Waals surface area contributed by atoms with Gasteiger partial charge >= 0.3 is 5.69 Å². The lowest BCUT2D eigenvalue weighted by Gasteiger charge is -2.26. The lowest BCUT2D eigenvalue weighted by molar-refractivity contribution is 0.244. The summed E-state index contributed by atoms with van der Waals surface area (Å²) >= 11 is 0. The highest BCUT2D eigenvalue weighted by atomic mass is 19.1. The van der Waals surface area contributed by atoms with Crippen molar-refractivity contribution in [1.29, 1.82) is 0 Å². The second-order valence-corrected chi connectivity index (χ2v) is 6.58. The summed E-state index contributed by atoms with van der Waals surface area (Å²) in [4.78, 5) is 38.4. The van der Waals surface area contributed by atoms with E-state index in [1.165, 1.54) is 23.0 Å². The standard InChI is InChI=1S/C19H15FN6O3/c20-11-4-1-3-10-14(6-8-29-15(10)11)26-16-13(24-19(26)28)9-22-18(25-16)23-12-5-2-7-21-17(12)27/h1-5,7,9,14H,6,8H2,(H,21,27)(H,24,28)(H,22,23,25). The molecule has 1 unspecified atom stereocenters. The highest BCUT2D eigenvalue weighted by molar-refractivity contribution is 5.72. The van der Waals surface area contributed by atoms with Gasteiger partial charge in [-0.15, -0.1) is 0 Å². The van der Waals surface area contributed by atoms with Gasteiger partial charge in [-0.05, 0) is 18.2 Å². The third kappa shape index (κ3) is 2.85. The Morgan fingerprint density at radius 2 is 2.14 bits per heavy atom. The van der Waals surface area contributed by atoms with Crippen molar-refractivity contribution in [1.82, 2.24) is 24.5 Å². The van der Waals surface area contributed by atoms with Crippen LogP contribution in [0.3, 0.4) is 0 Å². The van der Waals surface area contributed by atoms with Crippen molar-refractivity contribution < 1.29 is 9.13 Å². The van der Waals surface area contributed by atoms with Gasteiger partial charge in [-0.1, -0.05) is 12.1 Å². The van der Waals surface area contributed by atoms with E-state index in [1.807, 2.05) is 0 Å². The molecule has 1 atom stereocenters. The molecule has 0 spiro atoms. The molecule has 1 aromatic carbocycles. The maximum absolute atomic E-state index is 14.2. The minimum absolute atomic E-state index is 0.147. The summed E-state index contributed by atoms with van der Waals surface area (Å²) in [7, 11) is 0. The van der Waals surface area contributed by atoms with Gasteiger partial charge in [0.2, 0.25) is 5.95 Å². The van der Waals surface area contributed by atoms with Gasteiger partial charge < -0.3 is 20.0 Å². The van der Waals surface area contributed by atoms with Gasteiger partial charge in [0.05, 0.1) is 18.8 Å². The van der Waals surface area contributed by atoms with Crippen molar-refractivity contribution in [3.05, 3.63) is 74.9 Å². The maximum atomic E-state index is 14.2. The van der Waals surface area contributed by atoms with Crippen LogP contribution in [-0.4, -0.2) is 31.1 Å². The fourth-order valence-corrected chi connectivity index (χ4v) is 3.54. The Hall–Kier alpha value is -3.95. The normalized spacial score (nSPS) is 15.7. The molecule has 1 aliphatic heterocycles. The predicted molar refractivity (Wildman–Crippen MR) is 103 cm³/mol. The fourth-order valence-electron chi connectivity index (χ4n) is 3.54. The average molecular weight is 394 g/mol. The molecule has 1 aliphatic rings. The van der Waals surface area contributed by atoms with Crippen LogP contribution in [0.5, 0.6) is 5.75 Å². The number of aromatic amines is 2. The van der Waals surface area contributed by atoms with E-state index >= 15 is 0 Å². The first-order chi connectivity index (χ1) is 14.1. The molecule has 3 N–H and O–H groups in total. The van der Waals surface area contributed by atoms with Gasteiger partial charge in [0.1, 0.15) is 11.2 Å². The summed E-state index contributed by atoms with van der Waals surface area (Å²) in [5.74, 6) is -0.165. The zero-order valence-electron chi connectivity index (χ0n) is 15.0. The Kier molecular flexibility index (Phi) is 3.90. The minimum Gasteiger partial charge on any atom is -0.490 e. The van der Waals surface area contributed by atoms with Crippen LogP contribution < -0.4 is 21.3 Å².